The number of benzene rings is 1. The quantitative estimate of drug-likeness (QED) is 0.730. The Bertz CT molecular complexity index is 737. The smallest absolute Gasteiger partial charge is 0.259 e. The lowest BCUT2D eigenvalue weighted by Crippen LogP contribution is -2.13. The van der Waals surface area contributed by atoms with Crippen molar-refractivity contribution in [1.82, 2.24) is 10.1 Å². The molecule has 0 radical (unpaired) electrons. The largest absolute Gasteiger partial charge is 0.383 e. The molecule has 0 aliphatic heterocycles. The van der Waals surface area contributed by atoms with E-state index in [1.54, 1.807) is 6.07 Å². The van der Waals surface area contributed by atoms with Gasteiger partial charge in [0.25, 0.3) is 5.91 Å². The number of carbonyl (C=O) groups excluding carboxylic acids is 1. The van der Waals surface area contributed by atoms with Crippen LogP contribution in [-0.2, 0) is 0 Å². The molecule has 3 rings (SSSR count). The van der Waals surface area contributed by atoms with E-state index in [1.165, 1.54) is 12.5 Å². The molecular formula is C13H10N4O2. The molecule has 0 atom stereocenters. The summed E-state index contributed by atoms with van der Waals surface area (Å²) in [4.78, 5) is 16.2. The minimum absolute atomic E-state index is 0.308. The van der Waals surface area contributed by atoms with Crippen LogP contribution < -0.4 is 11.1 Å². The molecule has 0 bridgehead atoms. The van der Waals surface area contributed by atoms with Crippen LogP contribution in [0, 0.1) is 0 Å². The molecule has 19 heavy (non-hydrogen) atoms. The number of amides is 1. The van der Waals surface area contributed by atoms with Crippen molar-refractivity contribution in [2.75, 3.05) is 11.1 Å². The highest BCUT2D eigenvalue weighted by molar-refractivity contribution is 6.13. The Labute approximate surface area is 108 Å². The first-order valence-corrected chi connectivity index (χ1v) is 5.60. The van der Waals surface area contributed by atoms with Gasteiger partial charge in [0, 0.05) is 17.6 Å². The topological polar surface area (TPSA) is 94.0 Å². The molecule has 0 saturated heterocycles. The van der Waals surface area contributed by atoms with Crippen LogP contribution in [0.15, 0.2) is 47.3 Å². The summed E-state index contributed by atoms with van der Waals surface area (Å²) < 4.78 is 4.66. The molecule has 1 amide bonds. The summed E-state index contributed by atoms with van der Waals surface area (Å²) in [5, 5.41) is 7.74. The maximum absolute atomic E-state index is 12.2. The molecule has 0 aliphatic rings. The van der Waals surface area contributed by atoms with Crippen molar-refractivity contribution in [2.24, 2.45) is 0 Å². The second-order valence-electron chi connectivity index (χ2n) is 3.94. The van der Waals surface area contributed by atoms with Crippen LogP contribution in [0.1, 0.15) is 10.4 Å². The Balaban J connectivity index is 2.05. The number of nitrogens with two attached hydrogens (primary N) is 1. The number of fused-ring (bicyclic) bond motifs is 1. The Morgan fingerprint density at radius 1 is 1.21 bits per heavy atom. The van der Waals surface area contributed by atoms with Crippen molar-refractivity contribution in [1.29, 1.82) is 0 Å². The van der Waals surface area contributed by atoms with Gasteiger partial charge in [-0.15, -0.1) is 0 Å². The van der Waals surface area contributed by atoms with Gasteiger partial charge in [0.05, 0.1) is 5.56 Å². The molecule has 0 unspecified atom stereocenters. The molecule has 6 heteroatoms. The van der Waals surface area contributed by atoms with Crippen LogP contribution >= 0.6 is 0 Å². The minimum atomic E-state index is -0.308. The number of pyridine rings is 1. The molecule has 0 saturated carbocycles. The number of aromatic nitrogens is 2. The Kier molecular flexibility index (Phi) is 2.60. The molecule has 3 N–H and O–H groups in total. The van der Waals surface area contributed by atoms with Crippen LogP contribution in [0.4, 0.5) is 11.6 Å². The third kappa shape index (κ3) is 1.99. The summed E-state index contributed by atoms with van der Waals surface area (Å²) in [5.74, 6) is 0.442. The first-order chi connectivity index (χ1) is 9.25. The molecule has 2 heterocycles. The number of nitrogens with zero attached hydrogens (tertiary/aromatic N) is 2. The first kappa shape index (κ1) is 11.2. The maximum Gasteiger partial charge on any atom is 0.259 e. The monoisotopic (exact) mass is 254 g/mol. The average Bonchev–Trinajstić information content (AvgIpc) is 2.92. The van der Waals surface area contributed by atoms with E-state index < -0.39 is 0 Å². The highest BCUT2D eigenvalue weighted by Crippen LogP contribution is 2.22. The molecule has 6 nitrogen and oxygen atoms in total. The van der Waals surface area contributed by atoms with Crippen molar-refractivity contribution in [3.05, 3.63) is 48.4 Å². The number of nitrogen functional groups attached to an aromatic ring is 1. The van der Waals surface area contributed by atoms with E-state index in [-0.39, 0.29) is 5.91 Å². The summed E-state index contributed by atoms with van der Waals surface area (Å²) in [6.45, 7) is 0. The predicted molar refractivity (Wildman–Crippen MR) is 70.6 cm³/mol. The predicted octanol–water partition coefficient (Wildman–Crippen LogP) is 2.06. The highest BCUT2D eigenvalue weighted by Gasteiger charge is 2.13. The van der Waals surface area contributed by atoms with Gasteiger partial charge < -0.3 is 15.6 Å². The summed E-state index contributed by atoms with van der Waals surface area (Å²) in [7, 11) is 0. The van der Waals surface area contributed by atoms with E-state index >= 15 is 0 Å². The van der Waals surface area contributed by atoms with Crippen LogP contribution in [-0.4, -0.2) is 16.0 Å². The van der Waals surface area contributed by atoms with Gasteiger partial charge in [0.2, 0.25) is 0 Å². The zero-order valence-electron chi connectivity index (χ0n) is 9.83. The average molecular weight is 254 g/mol. The summed E-state index contributed by atoms with van der Waals surface area (Å²) in [6, 6.07) is 8.90. The number of hydrogen-bond acceptors (Lipinski definition) is 5. The molecular weight excluding hydrogens is 244 g/mol. The van der Waals surface area contributed by atoms with E-state index in [1.807, 2.05) is 24.3 Å². The van der Waals surface area contributed by atoms with E-state index in [9.17, 15) is 4.79 Å². The van der Waals surface area contributed by atoms with E-state index in [0.29, 0.717) is 17.2 Å². The first-order valence-electron chi connectivity index (χ1n) is 5.60. The molecule has 2 aromatic heterocycles. The maximum atomic E-state index is 12.2. The molecule has 1 aromatic carbocycles. The second-order valence-corrected chi connectivity index (χ2v) is 3.94. The fourth-order valence-corrected chi connectivity index (χ4v) is 1.86. The second kappa shape index (κ2) is 4.41. The van der Waals surface area contributed by atoms with Gasteiger partial charge >= 0.3 is 0 Å². The lowest BCUT2D eigenvalue weighted by molar-refractivity contribution is 0.102. The third-order valence-corrected chi connectivity index (χ3v) is 2.75. The van der Waals surface area contributed by atoms with Gasteiger partial charge in [-0.3, -0.25) is 4.79 Å². The Morgan fingerprint density at radius 3 is 2.74 bits per heavy atom. The van der Waals surface area contributed by atoms with Gasteiger partial charge in [-0.1, -0.05) is 29.4 Å². The zero-order chi connectivity index (χ0) is 13.2. The van der Waals surface area contributed by atoms with Crippen LogP contribution in [0.5, 0.6) is 0 Å². The number of anilines is 2. The summed E-state index contributed by atoms with van der Waals surface area (Å²) in [6.07, 6.45) is 2.84. The lowest BCUT2D eigenvalue weighted by atomic mass is 10.1. The number of rotatable bonds is 2. The molecule has 94 valence electrons. The minimum Gasteiger partial charge on any atom is -0.383 e. The third-order valence-electron chi connectivity index (χ3n) is 2.75. The van der Waals surface area contributed by atoms with Crippen molar-refractivity contribution < 1.29 is 9.32 Å². The van der Waals surface area contributed by atoms with Crippen molar-refractivity contribution >= 4 is 28.3 Å². The SMILES string of the molecule is Nc1ncc(C(=O)Nc2ccon2)c2ccccc12. The molecule has 0 fully saturated rings. The standard InChI is InChI=1S/C13H10N4O2/c14-12-9-4-2-1-3-8(9)10(7-15-12)13(18)16-11-5-6-19-17-11/h1-7H,(H2,14,15)(H,16,17,18). The Morgan fingerprint density at radius 2 is 2.00 bits per heavy atom. The van der Waals surface area contributed by atoms with Gasteiger partial charge in [-0.05, 0) is 5.39 Å². The van der Waals surface area contributed by atoms with Crippen LogP contribution in [0.25, 0.3) is 10.8 Å². The summed E-state index contributed by atoms with van der Waals surface area (Å²) in [5.41, 5.74) is 6.23. The van der Waals surface area contributed by atoms with Crippen molar-refractivity contribution in [3.8, 4) is 0 Å². The molecule has 0 aliphatic carbocycles. The fourth-order valence-electron chi connectivity index (χ4n) is 1.86. The molecule has 0 spiro atoms. The van der Waals surface area contributed by atoms with Gasteiger partial charge in [0.15, 0.2) is 5.82 Å². The van der Waals surface area contributed by atoms with Gasteiger partial charge in [-0.25, -0.2) is 4.98 Å². The fraction of sp³-hybridized carbons (Fsp3) is 0. The normalized spacial score (nSPS) is 10.5. The highest BCUT2D eigenvalue weighted by atomic mass is 16.5. The lowest BCUT2D eigenvalue weighted by Gasteiger charge is -2.07. The van der Waals surface area contributed by atoms with E-state index in [4.69, 9.17) is 5.73 Å². The van der Waals surface area contributed by atoms with Crippen LogP contribution in [0.2, 0.25) is 0 Å². The van der Waals surface area contributed by atoms with Gasteiger partial charge in [-0.2, -0.15) is 0 Å². The molecule has 3 aromatic rings. The van der Waals surface area contributed by atoms with Crippen LogP contribution in [0.3, 0.4) is 0 Å². The number of carbonyl (C=O) groups is 1. The number of nitrogens with one attached hydrogen (secondary N) is 1. The van der Waals surface area contributed by atoms with E-state index in [0.717, 1.165) is 10.8 Å². The van der Waals surface area contributed by atoms with Crippen molar-refractivity contribution in [2.45, 2.75) is 0 Å². The zero-order valence-corrected chi connectivity index (χ0v) is 9.83. The summed E-state index contributed by atoms with van der Waals surface area (Å²) >= 11 is 0. The Hall–Kier alpha value is -2.89. The van der Waals surface area contributed by atoms with E-state index in [2.05, 4.69) is 20.0 Å². The van der Waals surface area contributed by atoms with Crippen molar-refractivity contribution in [3.63, 3.8) is 0 Å². The number of hydrogen-bond donors (Lipinski definition) is 2. The van der Waals surface area contributed by atoms with Gasteiger partial charge in [0.1, 0.15) is 12.1 Å².